The second-order valence-electron chi connectivity index (χ2n) is 3.86. The molecule has 0 unspecified atom stereocenters. The van der Waals surface area contributed by atoms with Gasteiger partial charge in [0.25, 0.3) is 0 Å². The SMILES string of the molecule is COc1cccc(CSc2nccc(C(F)(F)F)n2)c1. The lowest BCUT2D eigenvalue weighted by Crippen LogP contribution is -2.08. The second kappa shape index (κ2) is 6.13. The molecule has 2 rings (SSSR count). The molecule has 0 aliphatic rings. The average molecular weight is 300 g/mol. The quantitative estimate of drug-likeness (QED) is 0.635. The molecule has 0 spiro atoms. The molecule has 0 fully saturated rings. The number of rotatable bonds is 4. The maximum Gasteiger partial charge on any atom is 0.433 e. The number of halogens is 3. The predicted octanol–water partition coefficient (Wildman–Crippen LogP) is 3.80. The van der Waals surface area contributed by atoms with Crippen LogP contribution in [0, 0.1) is 0 Å². The number of benzene rings is 1. The molecule has 2 aromatic rings. The van der Waals surface area contributed by atoms with Crippen LogP contribution in [0.15, 0.2) is 41.7 Å². The molecule has 20 heavy (non-hydrogen) atoms. The van der Waals surface area contributed by atoms with Crippen molar-refractivity contribution in [3.05, 3.63) is 47.8 Å². The first-order chi connectivity index (χ1) is 9.49. The van der Waals surface area contributed by atoms with Crippen LogP contribution < -0.4 is 4.74 Å². The Morgan fingerprint density at radius 3 is 2.75 bits per heavy atom. The molecule has 1 heterocycles. The number of hydrogen-bond acceptors (Lipinski definition) is 4. The lowest BCUT2D eigenvalue weighted by Gasteiger charge is -2.07. The third-order valence-corrected chi connectivity index (χ3v) is 3.36. The van der Waals surface area contributed by atoms with E-state index in [0.717, 1.165) is 29.6 Å². The van der Waals surface area contributed by atoms with Gasteiger partial charge < -0.3 is 4.74 Å². The Hall–Kier alpha value is -1.76. The van der Waals surface area contributed by atoms with Crippen molar-refractivity contribution in [1.82, 2.24) is 9.97 Å². The highest BCUT2D eigenvalue weighted by Crippen LogP contribution is 2.29. The molecule has 1 aromatic heterocycles. The van der Waals surface area contributed by atoms with Gasteiger partial charge in [-0.15, -0.1) is 0 Å². The van der Waals surface area contributed by atoms with E-state index in [0.29, 0.717) is 11.5 Å². The fourth-order valence-corrected chi connectivity index (χ4v) is 2.25. The van der Waals surface area contributed by atoms with E-state index in [1.54, 1.807) is 13.2 Å². The third-order valence-electron chi connectivity index (χ3n) is 2.43. The highest BCUT2D eigenvalue weighted by Gasteiger charge is 2.32. The first kappa shape index (κ1) is 14.6. The van der Waals surface area contributed by atoms with Crippen molar-refractivity contribution in [2.24, 2.45) is 0 Å². The summed E-state index contributed by atoms with van der Waals surface area (Å²) in [5.41, 5.74) is -0.00370. The van der Waals surface area contributed by atoms with Gasteiger partial charge in [0, 0.05) is 11.9 Å². The number of methoxy groups -OCH3 is 1. The lowest BCUT2D eigenvalue weighted by atomic mass is 10.2. The van der Waals surface area contributed by atoms with E-state index in [9.17, 15) is 13.2 Å². The molecule has 0 radical (unpaired) electrons. The van der Waals surface area contributed by atoms with Gasteiger partial charge in [-0.05, 0) is 23.8 Å². The van der Waals surface area contributed by atoms with Gasteiger partial charge >= 0.3 is 6.18 Å². The van der Waals surface area contributed by atoms with E-state index in [2.05, 4.69) is 9.97 Å². The van der Waals surface area contributed by atoms with Crippen LogP contribution in [0.5, 0.6) is 5.75 Å². The van der Waals surface area contributed by atoms with E-state index in [-0.39, 0.29) is 5.16 Å². The maximum atomic E-state index is 12.5. The zero-order chi connectivity index (χ0) is 14.6. The Kier molecular flexibility index (Phi) is 4.49. The van der Waals surface area contributed by atoms with Gasteiger partial charge in [0.1, 0.15) is 11.4 Å². The molecule has 0 saturated carbocycles. The molecule has 1 aromatic carbocycles. The maximum absolute atomic E-state index is 12.5. The number of aromatic nitrogens is 2. The van der Waals surface area contributed by atoms with E-state index >= 15 is 0 Å². The van der Waals surface area contributed by atoms with Gasteiger partial charge in [0.15, 0.2) is 5.16 Å². The second-order valence-corrected chi connectivity index (χ2v) is 4.80. The topological polar surface area (TPSA) is 35.0 Å². The number of hydrogen-bond donors (Lipinski definition) is 0. The van der Waals surface area contributed by atoms with E-state index in [1.165, 1.54) is 0 Å². The van der Waals surface area contributed by atoms with Crippen LogP contribution >= 0.6 is 11.8 Å². The molecule has 7 heteroatoms. The van der Waals surface area contributed by atoms with Gasteiger partial charge in [0.2, 0.25) is 0 Å². The summed E-state index contributed by atoms with van der Waals surface area (Å²) in [6, 6.07) is 8.16. The van der Waals surface area contributed by atoms with Crippen molar-refractivity contribution in [1.29, 1.82) is 0 Å². The average Bonchev–Trinajstić information content (AvgIpc) is 2.45. The molecule has 0 atom stereocenters. The Bertz CT molecular complexity index is 590. The first-order valence-corrected chi connectivity index (χ1v) is 6.63. The highest BCUT2D eigenvalue weighted by molar-refractivity contribution is 7.98. The molecule has 0 N–H and O–H groups in total. The summed E-state index contributed by atoms with van der Waals surface area (Å²) in [5, 5.41) is 0.0997. The largest absolute Gasteiger partial charge is 0.497 e. The Labute approximate surface area is 118 Å². The van der Waals surface area contributed by atoms with Crippen molar-refractivity contribution in [3.8, 4) is 5.75 Å². The van der Waals surface area contributed by atoms with E-state index in [1.807, 2.05) is 18.2 Å². The van der Waals surface area contributed by atoms with Crippen LogP contribution in [0.3, 0.4) is 0 Å². The van der Waals surface area contributed by atoms with Crippen LogP contribution in [0.25, 0.3) is 0 Å². The molecule has 0 aliphatic carbocycles. The Morgan fingerprint density at radius 2 is 2.05 bits per heavy atom. The van der Waals surface area contributed by atoms with Crippen molar-refractivity contribution in [2.75, 3.05) is 7.11 Å². The minimum Gasteiger partial charge on any atom is -0.497 e. The Morgan fingerprint density at radius 1 is 1.25 bits per heavy atom. The van der Waals surface area contributed by atoms with Gasteiger partial charge in [-0.1, -0.05) is 23.9 Å². The minimum atomic E-state index is -4.45. The molecule has 0 aliphatic heterocycles. The standard InChI is InChI=1S/C13H11F3N2OS/c1-19-10-4-2-3-9(7-10)8-20-12-17-6-5-11(18-12)13(14,15)16/h2-7H,8H2,1H3. The third kappa shape index (κ3) is 3.86. The molecular weight excluding hydrogens is 289 g/mol. The highest BCUT2D eigenvalue weighted by atomic mass is 32.2. The molecule has 0 amide bonds. The Balaban J connectivity index is 2.07. The predicted molar refractivity (Wildman–Crippen MR) is 69.6 cm³/mol. The van der Waals surface area contributed by atoms with Gasteiger partial charge in [-0.25, -0.2) is 9.97 Å². The summed E-state index contributed by atoms with van der Waals surface area (Å²) in [7, 11) is 1.56. The molecule has 0 saturated heterocycles. The summed E-state index contributed by atoms with van der Waals surface area (Å²) in [4.78, 5) is 7.33. The lowest BCUT2D eigenvalue weighted by molar-refractivity contribution is -0.141. The van der Waals surface area contributed by atoms with Gasteiger partial charge in [-0.3, -0.25) is 0 Å². The summed E-state index contributed by atoms with van der Waals surface area (Å²) in [6.45, 7) is 0. The van der Waals surface area contributed by atoms with Crippen LogP contribution in [-0.4, -0.2) is 17.1 Å². The summed E-state index contributed by atoms with van der Waals surface area (Å²) in [6.07, 6.45) is -3.34. The van der Waals surface area contributed by atoms with E-state index in [4.69, 9.17) is 4.74 Å². The zero-order valence-electron chi connectivity index (χ0n) is 10.5. The van der Waals surface area contributed by atoms with E-state index < -0.39 is 11.9 Å². The van der Waals surface area contributed by atoms with Crippen molar-refractivity contribution < 1.29 is 17.9 Å². The van der Waals surface area contributed by atoms with Crippen molar-refractivity contribution in [3.63, 3.8) is 0 Å². The van der Waals surface area contributed by atoms with Gasteiger partial charge in [-0.2, -0.15) is 13.2 Å². The van der Waals surface area contributed by atoms with Gasteiger partial charge in [0.05, 0.1) is 7.11 Å². The minimum absolute atomic E-state index is 0.0997. The van der Waals surface area contributed by atoms with Crippen LogP contribution in [0.4, 0.5) is 13.2 Å². The molecule has 3 nitrogen and oxygen atoms in total. The fourth-order valence-electron chi connectivity index (χ4n) is 1.48. The van der Waals surface area contributed by atoms with Crippen molar-refractivity contribution in [2.45, 2.75) is 17.1 Å². The monoisotopic (exact) mass is 300 g/mol. The first-order valence-electron chi connectivity index (χ1n) is 5.65. The number of alkyl halides is 3. The van der Waals surface area contributed by atoms with Crippen LogP contribution in [-0.2, 0) is 11.9 Å². The fraction of sp³-hybridized carbons (Fsp3) is 0.231. The number of nitrogens with zero attached hydrogens (tertiary/aromatic N) is 2. The normalized spacial score (nSPS) is 11.4. The summed E-state index contributed by atoms with van der Waals surface area (Å²) >= 11 is 1.15. The number of thioether (sulfide) groups is 1. The van der Waals surface area contributed by atoms with Crippen molar-refractivity contribution >= 4 is 11.8 Å². The molecule has 0 bridgehead atoms. The smallest absolute Gasteiger partial charge is 0.433 e. The molecular formula is C13H11F3N2OS. The van der Waals surface area contributed by atoms with Crippen LogP contribution in [0.2, 0.25) is 0 Å². The molecule has 106 valence electrons. The van der Waals surface area contributed by atoms with Crippen LogP contribution in [0.1, 0.15) is 11.3 Å². The summed E-state index contributed by atoms with van der Waals surface area (Å²) in [5.74, 6) is 1.17. The summed E-state index contributed by atoms with van der Waals surface area (Å²) < 4.78 is 42.6. The number of ether oxygens (including phenoxy) is 1. The zero-order valence-corrected chi connectivity index (χ0v) is 11.3.